The van der Waals surface area contributed by atoms with Crippen LogP contribution in [-0.2, 0) is 9.53 Å². The summed E-state index contributed by atoms with van der Waals surface area (Å²) in [5.74, 6) is 0.119. The molecule has 114 valence electrons. The number of ether oxygens (including phenoxy) is 1. The minimum Gasteiger partial charge on any atom is -0.376 e. The van der Waals surface area contributed by atoms with E-state index in [0.29, 0.717) is 19.1 Å². The largest absolute Gasteiger partial charge is 0.376 e. The van der Waals surface area contributed by atoms with Gasteiger partial charge in [0.05, 0.1) is 12.6 Å². The number of amides is 1. The van der Waals surface area contributed by atoms with Crippen LogP contribution in [0, 0.1) is 0 Å². The SMILES string of the molecule is O=C(CN1CCCC1c1ccccc1)NCC1CCCO1. The van der Waals surface area contributed by atoms with Crippen molar-refractivity contribution in [1.82, 2.24) is 10.2 Å². The Morgan fingerprint density at radius 2 is 2.10 bits per heavy atom. The van der Waals surface area contributed by atoms with Gasteiger partial charge in [-0.1, -0.05) is 30.3 Å². The quantitative estimate of drug-likeness (QED) is 0.902. The van der Waals surface area contributed by atoms with Gasteiger partial charge in [0, 0.05) is 19.2 Å². The molecule has 4 heteroatoms. The van der Waals surface area contributed by atoms with Crippen molar-refractivity contribution in [2.45, 2.75) is 37.8 Å². The molecular formula is C17H24N2O2. The number of carbonyl (C=O) groups excluding carboxylic acids is 1. The van der Waals surface area contributed by atoms with Gasteiger partial charge in [-0.2, -0.15) is 0 Å². The van der Waals surface area contributed by atoms with E-state index in [1.807, 2.05) is 6.07 Å². The Morgan fingerprint density at radius 1 is 1.24 bits per heavy atom. The monoisotopic (exact) mass is 288 g/mol. The Balaban J connectivity index is 1.50. The summed E-state index contributed by atoms with van der Waals surface area (Å²) in [4.78, 5) is 14.4. The first kappa shape index (κ1) is 14.5. The van der Waals surface area contributed by atoms with Gasteiger partial charge in [-0.25, -0.2) is 0 Å². The van der Waals surface area contributed by atoms with Gasteiger partial charge in [0.15, 0.2) is 0 Å². The lowest BCUT2D eigenvalue weighted by molar-refractivity contribution is -0.123. The molecule has 21 heavy (non-hydrogen) atoms. The maximum absolute atomic E-state index is 12.1. The van der Waals surface area contributed by atoms with Crippen molar-refractivity contribution >= 4 is 5.91 Å². The third-order valence-corrected chi connectivity index (χ3v) is 4.45. The van der Waals surface area contributed by atoms with Gasteiger partial charge in [-0.3, -0.25) is 9.69 Å². The standard InChI is InChI=1S/C17H24N2O2/c20-17(18-12-15-8-5-11-21-15)13-19-10-4-9-16(19)14-6-2-1-3-7-14/h1-3,6-7,15-16H,4-5,8-13H2,(H,18,20). The molecule has 0 spiro atoms. The molecule has 3 rings (SSSR count). The first-order valence-electron chi connectivity index (χ1n) is 8.00. The maximum atomic E-state index is 12.1. The van der Waals surface area contributed by atoms with Crippen molar-refractivity contribution in [3.8, 4) is 0 Å². The average molecular weight is 288 g/mol. The summed E-state index contributed by atoms with van der Waals surface area (Å²) in [6.45, 7) is 2.99. The number of carbonyl (C=O) groups is 1. The van der Waals surface area contributed by atoms with Gasteiger partial charge in [-0.05, 0) is 37.8 Å². The van der Waals surface area contributed by atoms with Gasteiger partial charge >= 0.3 is 0 Å². The van der Waals surface area contributed by atoms with Crippen LogP contribution in [0.3, 0.4) is 0 Å². The molecule has 1 N–H and O–H groups in total. The predicted octanol–water partition coefficient (Wildman–Crippen LogP) is 2.12. The van der Waals surface area contributed by atoms with Crippen LogP contribution in [0.15, 0.2) is 30.3 Å². The highest BCUT2D eigenvalue weighted by atomic mass is 16.5. The van der Waals surface area contributed by atoms with Crippen LogP contribution in [0.4, 0.5) is 0 Å². The summed E-state index contributed by atoms with van der Waals surface area (Å²) in [7, 11) is 0. The molecule has 0 bridgehead atoms. The van der Waals surface area contributed by atoms with Gasteiger partial charge in [-0.15, -0.1) is 0 Å². The minimum absolute atomic E-state index is 0.119. The molecule has 0 radical (unpaired) electrons. The molecule has 1 aromatic carbocycles. The second-order valence-electron chi connectivity index (χ2n) is 5.98. The van der Waals surface area contributed by atoms with E-state index in [0.717, 1.165) is 32.4 Å². The van der Waals surface area contributed by atoms with E-state index in [9.17, 15) is 4.79 Å². The lowest BCUT2D eigenvalue weighted by Crippen LogP contribution is -2.39. The average Bonchev–Trinajstić information content (AvgIpc) is 3.17. The van der Waals surface area contributed by atoms with E-state index in [2.05, 4.69) is 34.5 Å². The fourth-order valence-corrected chi connectivity index (χ4v) is 3.34. The lowest BCUT2D eigenvalue weighted by Gasteiger charge is -2.24. The highest BCUT2D eigenvalue weighted by Crippen LogP contribution is 2.31. The first-order chi connectivity index (χ1) is 10.3. The second-order valence-corrected chi connectivity index (χ2v) is 5.98. The fourth-order valence-electron chi connectivity index (χ4n) is 3.34. The Morgan fingerprint density at radius 3 is 2.86 bits per heavy atom. The molecule has 2 unspecified atom stereocenters. The molecule has 2 fully saturated rings. The Bertz CT molecular complexity index is 457. The molecule has 0 aliphatic carbocycles. The van der Waals surface area contributed by atoms with Gasteiger partial charge in [0.2, 0.25) is 5.91 Å². The fraction of sp³-hybridized carbons (Fsp3) is 0.588. The zero-order valence-corrected chi connectivity index (χ0v) is 12.5. The molecule has 0 aromatic heterocycles. The summed E-state index contributed by atoms with van der Waals surface area (Å²) in [6, 6.07) is 10.9. The smallest absolute Gasteiger partial charge is 0.234 e. The molecule has 2 saturated heterocycles. The minimum atomic E-state index is 0.119. The number of hydrogen-bond donors (Lipinski definition) is 1. The normalized spacial score (nSPS) is 26.1. The van der Waals surface area contributed by atoms with Crippen LogP contribution in [0.5, 0.6) is 0 Å². The van der Waals surface area contributed by atoms with Crippen LogP contribution in [0.2, 0.25) is 0 Å². The molecule has 2 aliphatic rings. The van der Waals surface area contributed by atoms with Crippen molar-refractivity contribution < 1.29 is 9.53 Å². The molecular weight excluding hydrogens is 264 g/mol. The highest BCUT2D eigenvalue weighted by molar-refractivity contribution is 5.78. The number of nitrogens with one attached hydrogen (secondary N) is 1. The van der Waals surface area contributed by atoms with Crippen molar-refractivity contribution in [3.63, 3.8) is 0 Å². The van der Waals surface area contributed by atoms with Crippen LogP contribution >= 0.6 is 0 Å². The van der Waals surface area contributed by atoms with E-state index in [-0.39, 0.29) is 12.0 Å². The summed E-state index contributed by atoms with van der Waals surface area (Å²) in [5.41, 5.74) is 1.32. The molecule has 4 nitrogen and oxygen atoms in total. The molecule has 1 aromatic rings. The Kier molecular flexibility index (Phi) is 4.88. The number of rotatable bonds is 5. The van der Waals surface area contributed by atoms with Gasteiger partial charge in [0.1, 0.15) is 0 Å². The summed E-state index contributed by atoms with van der Waals surface area (Å²) in [6.07, 6.45) is 4.71. The zero-order valence-electron chi connectivity index (χ0n) is 12.5. The Labute approximate surface area is 126 Å². The topological polar surface area (TPSA) is 41.6 Å². The number of benzene rings is 1. The molecule has 0 saturated carbocycles. The van der Waals surface area contributed by atoms with Crippen molar-refractivity contribution in [3.05, 3.63) is 35.9 Å². The van der Waals surface area contributed by atoms with Crippen molar-refractivity contribution in [2.24, 2.45) is 0 Å². The van der Waals surface area contributed by atoms with Crippen LogP contribution in [-0.4, -0.2) is 43.2 Å². The van der Waals surface area contributed by atoms with Crippen molar-refractivity contribution in [1.29, 1.82) is 0 Å². The third-order valence-electron chi connectivity index (χ3n) is 4.45. The number of nitrogens with zero attached hydrogens (tertiary/aromatic N) is 1. The second kappa shape index (κ2) is 7.05. The summed E-state index contributed by atoms with van der Waals surface area (Å²) in [5, 5.41) is 3.02. The first-order valence-corrected chi connectivity index (χ1v) is 8.00. The van der Waals surface area contributed by atoms with Crippen molar-refractivity contribution in [2.75, 3.05) is 26.2 Å². The molecule has 2 aliphatic heterocycles. The predicted molar refractivity (Wildman–Crippen MR) is 82.0 cm³/mol. The lowest BCUT2D eigenvalue weighted by atomic mass is 10.0. The number of likely N-dealkylation sites (tertiary alicyclic amines) is 1. The van der Waals surface area contributed by atoms with E-state index in [1.165, 1.54) is 12.0 Å². The van der Waals surface area contributed by atoms with E-state index in [1.54, 1.807) is 0 Å². The zero-order chi connectivity index (χ0) is 14.5. The number of hydrogen-bond acceptors (Lipinski definition) is 3. The molecule has 1 amide bonds. The third kappa shape index (κ3) is 3.83. The van der Waals surface area contributed by atoms with Gasteiger partial charge < -0.3 is 10.1 Å². The van der Waals surface area contributed by atoms with Crippen LogP contribution in [0.25, 0.3) is 0 Å². The molecule has 2 heterocycles. The highest BCUT2D eigenvalue weighted by Gasteiger charge is 2.27. The van der Waals surface area contributed by atoms with E-state index < -0.39 is 0 Å². The maximum Gasteiger partial charge on any atom is 0.234 e. The van der Waals surface area contributed by atoms with E-state index in [4.69, 9.17) is 4.74 Å². The van der Waals surface area contributed by atoms with E-state index >= 15 is 0 Å². The van der Waals surface area contributed by atoms with Gasteiger partial charge in [0.25, 0.3) is 0 Å². The summed E-state index contributed by atoms with van der Waals surface area (Å²) >= 11 is 0. The van der Waals surface area contributed by atoms with Crippen LogP contribution in [0.1, 0.15) is 37.3 Å². The summed E-state index contributed by atoms with van der Waals surface area (Å²) < 4.78 is 5.54. The van der Waals surface area contributed by atoms with Crippen LogP contribution < -0.4 is 5.32 Å². The Hall–Kier alpha value is -1.39. The molecule has 2 atom stereocenters.